The molecule has 2 aromatic rings. The molecule has 88 valence electrons. The van der Waals surface area contributed by atoms with Gasteiger partial charge in [0.2, 0.25) is 0 Å². The highest BCUT2D eigenvalue weighted by atomic mass is 79.9. The number of rotatable bonds is 2. The molecular weight excluding hydrogens is 351 g/mol. The molecule has 1 heterocycles. The first-order valence-electron chi connectivity index (χ1n) is 4.90. The number of pyridine rings is 1. The summed E-state index contributed by atoms with van der Waals surface area (Å²) in [5.41, 5.74) is 1.41. The standard InChI is InChI=1S/C12H9Br2FN2/c1-7-2-3-10(15)11(4-7)17-12-9(14)5-8(13)6-16-12/h2-6H,1H3,(H,16,17). The molecule has 0 spiro atoms. The number of hydrogen-bond acceptors (Lipinski definition) is 2. The van der Waals surface area contributed by atoms with E-state index in [-0.39, 0.29) is 5.82 Å². The number of hydrogen-bond donors (Lipinski definition) is 1. The van der Waals surface area contributed by atoms with Crippen LogP contribution in [0.2, 0.25) is 0 Å². The van der Waals surface area contributed by atoms with Gasteiger partial charge in [-0.15, -0.1) is 0 Å². The molecule has 0 aliphatic heterocycles. The van der Waals surface area contributed by atoms with Crippen LogP contribution in [0.4, 0.5) is 15.9 Å². The maximum atomic E-state index is 13.6. The molecule has 0 saturated heterocycles. The fourth-order valence-electron chi connectivity index (χ4n) is 1.37. The van der Waals surface area contributed by atoms with E-state index in [0.29, 0.717) is 11.5 Å². The fraction of sp³-hybridized carbons (Fsp3) is 0.0833. The topological polar surface area (TPSA) is 24.9 Å². The van der Waals surface area contributed by atoms with Gasteiger partial charge in [-0.2, -0.15) is 0 Å². The number of aromatic nitrogens is 1. The van der Waals surface area contributed by atoms with Crippen molar-refractivity contribution in [3.8, 4) is 0 Å². The summed E-state index contributed by atoms with van der Waals surface area (Å²) in [6.07, 6.45) is 1.65. The molecule has 1 N–H and O–H groups in total. The zero-order valence-corrected chi connectivity index (χ0v) is 12.1. The smallest absolute Gasteiger partial charge is 0.146 e. The van der Waals surface area contributed by atoms with Crippen molar-refractivity contribution in [1.29, 1.82) is 0 Å². The van der Waals surface area contributed by atoms with E-state index in [9.17, 15) is 4.39 Å². The molecule has 0 aliphatic carbocycles. The molecule has 0 bridgehead atoms. The Labute approximate surface area is 116 Å². The molecule has 2 nitrogen and oxygen atoms in total. The van der Waals surface area contributed by atoms with E-state index < -0.39 is 0 Å². The van der Waals surface area contributed by atoms with E-state index in [4.69, 9.17) is 0 Å². The highest BCUT2D eigenvalue weighted by Gasteiger charge is 2.06. The number of anilines is 2. The second-order valence-electron chi connectivity index (χ2n) is 3.59. The largest absolute Gasteiger partial charge is 0.337 e. The summed E-state index contributed by atoms with van der Waals surface area (Å²) in [4.78, 5) is 4.17. The number of nitrogens with zero attached hydrogens (tertiary/aromatic N) is 1. The predicted octanol–water partition coefficient (Wildman–Crippen LogP) is 4.80. The van der Waals surface area contributed by atoms with E-state index in [0.717, 1.165) is 14.5 Å². The summed E-state index contributed by atoms with van der Waals surface area (Å²) in [5.74, 6) is 0.282. The Kier molecular flexibility index (Phi) is 3.79. The molecule has 0 aliphatic rings. The van der Waals surface area contributed by atoms with Crippen molar-refractivity contribution in [3.05, 3.63) is 50.8 Å². The van der Waals surface area contributed by atoms with Gasteiger partial charge in [0.25, 0.3) is 0 Å². The van der Waals surface area contributed by atoms with Gasteiger partial charge in [-0.3, -0.25) is 0 Å². The quantitative estimate of drug-likeness (QED) is 0.833. The summed E-state index contributed by atoms with van der Waals surface area (Å²) in [5, 5.41) is 2.95. The van der Waals surface area contributed by atoms with Crippen LogP contribution in [0.1, 0.15) is 5.56 Å². The monoisotopic (exact) mass is 358 g/mol. The van der Waals surface area contributed by atoms with Crippen molar-refractivity contribution in [3.63, 3.8) is 0 Å². The van der Waals surface area contributed by atoms with Crippen LogP contribution in [-0.2, 0) is 0 Å². The zero-order valence-electron chi connectivity index (χ0n) is 8.97. The number of aryl methyl sites for hydroxylation is 1. The minimum Gasteiger partial charge on any atom is -0.337 e. The first kappa shape index (κ1) is 12.5. The van der Waals surface area contributed by atoms with Gasteiger partial charge in [0, 0.05) is 10.7 Å². The molecule has 0 fully saturated rings. The van der Waals surface area contributed by atoms with Crippen LogP contribution in [0.5, 0.6) is 0 Å². The van der Waals surface area contributed by atoms with E-state index in [1.807, 2.05) is 13.0 Å². The highest BCUT2D eigenvalue weighted by Crippen LogP contribution is 2.27. The van der Waals surface area contributed by atoms with Gasteiger partial charge in [0.15, 0.2) is 0 Å². The van der Waals surface area contributed by atoms with Crippen LogP contribution in [0.25, 0.3) is 0 Å². The molecule has 1 aromatic carbocycles. The minimum absolute atomic E-state index is 0.299. The van der Waals surface area contributed by atoms with Gasteiger partial charge < -0.3 is 5.32 Å². The lowest BCUT2D eigenvalue weighted by Gasteiger charge is -2.09. The third-order valence-electron chi connectivity index (χ3n) is 2.18. The maximum Gasteiger partial charge on any atom is 0.146 e. The molecule has 0 amide bonds. The van der Waals surface area contributed by atoms with Crippen molar-refractivity contribution in [1.82, 2.24) is 4.98 Å². The number of benzene rings is 1. The second kappa shape index (κ2) is 5.14. The van der Waals surface area contributed by atoms with Crippen LogP contribution < -0.4 is 5.32 Å². The van der Waals surface area contributed by atoms with Gasteiger partial charge in [0.05, 0.1) is 10.2 Å². The maximum absolute atomic E-state index is 13.6. The molecule has 2 rings (SSSR count). The van der Waals surface area contributed by atoms with Crippen molar-refractivity contribution in [2.24, 2.45) is 0 Å². The Morgan fingerprint density at radius 2 is 2.00 bits per heavy atom. The van der Waals surface area contributed by atoms with Crippen LogP contribution in [-0.4, -0.2) is 4.98 Å². The molecule has 0 saturated carbocycles. The lowest BCUT2D eigenvalue weighted by Crippen LogP contribution is -1.97. The van der Waals surface area contributed by atoms with Gasteiger partial charge in [-0.05, 0) is 62.5 Å². The molecule has 0 atom stereocenters. The summed E-state index contributed by atoms with van der Waals surface area (Å²) in [6, 6.07) is 6.75. The molecule has 1 aromatic heterocycles. The van der Waals surface area contributed by atoms with Gasteiger partial charge in [-0.1, -0.05) is 6.07 Å². The van der Waals surface area contributed by atoms with Crippen LogP contribution >= 0.6 is 31.9 Å². The average Bonchev–Trinajstić information content (AvgIpc) is 2.27. The third-order valence-corrected chi connectivity index (χ3v) is 3.22. The molecule has 0 radical (unpaired) electrons. The number of halogens is 3. The average molecular weight is 360 g/mol. The summed E-state index contributed by atoms with van der Waals surface area (Å²) in [6.45, 7) is 1.91. The summed E-state index contributed by atoms with van der Waals surface area (Å²) >= 11 is 6.68. The van der Waals surface area contributed by atoms with Crippen molar-refractivity contribution < 1.29 is 4.39 Å². The van der Waals surface area contributed by atoms with Crippen LogP contribution in [0, 0.1) is 12.7 Å². The van der Waals surface area contributed by atoms with Gasteiger partial charge in [0.1, 0.15) is 11.6 Å². The zero-order chi connectivity index (χ0) is 12.4. The first-order valence-corrected chi connectivity index (χ1v) is 6.49. The Hall–Kier alpha value is -0.940. The SMILES string of the molecule is Cc1ccc(F)c(Nc2ncc(Br)cc2Br)c1. The predicted molar refractivity (Wildman–Crippen MR) is 74.1 cm³/mol. The summed E-state index contributed by atoms with van der Waals surface area (Å²) < 4.78 is 15.2. The van der Waals surface area contributed by atoms with Crippen molar-refractivity contribution in [2.75, 3.05) is 5.32 Å². The van der Waals surface area contributed by atoms with E-state index >= 15 is 0 Å². The minimum atomic E-state index is -0.299. The van der Waals surface area contributed by atoms with E-state index in [1.165, 1.54) is 6.07 Å². The molecule has 0 unspecified atom stereocenters. The third kappa shape index (κ3) is 3.04. The second-order valence-corrected chi connectivity index (χ2v) is 5.36. The molecule has 17 heavy (non-hydrogen) atoms. The Bertz CT molecular complexity index is 558. The van der Waals surface area contributed by atoms with Gasteiger partial charge >= 0.3 is 0 Å². The Morgan fingerprint density at radius 3 is 2.71 bits per heavy atom. The Balaban J connectivity index is 2.34. The van der Waals surface area contributed by atoms with E-state index in [2.05, 4.69) is 42.2 Å². The summed E-state index contributed by atoms with van der Waals surface area (Å²) in [7, 11) is 0. The van der Waals surface area contributed by atoms with Crippen molar-refractivity contribution >= 4 is 43.4 Å². The van der Waals surface area contributed by atoms with E-state index in [1.54, 1.807) is 18.3 Å². The van der Waals surface area contributed by atoms with Crippen LogP contribution in [0.15, 0.2) is 39.4 Å². The first-order chi connectivity index (χ1) is 8.06. The normalized spacial score (nSPS) is 10.4. The fourth-order valence-corrected chi connectivity index (χ4v) is 2.46. The molecule has 5 heteroatoms. The van der Waals surface area contributed by atoms with Gasteiger partial charge in [-0.25, -0.2) is 9.37 Å². The lowest BCUT2D eigenvalue weighted by atomic mass is 10.2. The highest BCUT2D eigenvalue weighted by molar-refractivity contribution is 9.11. The lowest BCUT2D eigenvalue weighted by molar-refractivity contribution is 0.631. The van der Waals surface area contributed by atoms with Crippen molar-refractivity contribution in [2.45, 2.75) is 6.92 Å². The molecular formula is C12H9Br2FN2. The number of nitrogens with one attached hydrogen (secondary N) is 1. The Morgan fingerprint density at radius 1 is 1.24 bits per heavy atom. The van der Waals surface area contributed by atoms with Crippen LogP contribution in [0.3, 0.4) is 0 Å².